The molecule has 98 valence electrons. The predicted octanol–water partition coefficient (Wildman–Crippen LogP) is 1.02. The molecule has 5 heteroatoms. The van der Waals surface area contributed by atoms with Crippen LogP contribution < -0.4 is 4.90 Å². The van der Waals surface area contributed by atoms with Crippen molar-refractivity contribution in [1.82, 2.24) is 9.55 Å². The highest BCUT2D eigenvalue weighted by Crippen LogP contribution is 2.20. The molecule has 1 aromatic carbocycles. The Balaban J connectivity index is 2.22. The maximum Gasteiger partial charge on any atom is 0.206 e. The Morgan fingerprint density at radius 3 is 2.83 bits per heavy atom. The van der Waals surface area contributed by atoms with E-state index in [2.05, 4.69) is 4.98 Å². The quantitative estimate of drug-likeness (QED) is 0.859. The maximum absolute atomic E-state index is 9.74. The van der Waals surface area contributed by atoms with Gasteiger partial charge in [-0.05, 0) is 12.1 Å². The lowest BCUT2D eigenvalue weighted by Gasteiger charge is -2.21. The van der Waals surface area contributed by atoms with Crippen LogP contribution in [0.25, 0.3) is 11.0 Å². The molecule has 0 saturated carbocycles. The summed E-state index contributed by atoms with van der Waals surface area (Å²) in [6.07, 6.45) is -0.514. The van der Waals surface area contributed by atoms with Gasteiger partial charge in [-0.25, -0.2) is 4.98 Å². The van der Waals surface area contributed by atoms with Crippen molar-refractivity contribution in [3.8, 4) is 0 Å². The van der Waals surface area contributed by atoms with Crippen molar-refractivity contribution in [3.05, 3.63) is 24.3 Å². The van der Waals surface area contributed by atoms with E-state index >= 15 is 0 Å². The highest BCUT2D eigenvalue weighted by Gasteiger charge is 2.14. The normalized spacial score (nSPS) is 12.9. The molecule has 0 fully saturated rings. The Hall–Kier alpha value is -1.59. The number of hydrogen-bond donors (Lipinski definition) is 1. The first-order valence-corrected chi connectivity index (χ1v) is 5.93. The summed E-state index contributed by atoms with van der Waals surface area (Å²) >= 11 is 0. The summed E-state index contributed by atoms with van der Waals surface area (Å²) in [6, 6.07) is 7.98. The minimum absolute atomic E-state index is 0.328. The molecule has 0 radical (unpaired) electrons. The molecule has 2 aromatic rings. The minimum Gasteiger partial charge on any atom is -0.389 e. The first-order valence-electron chi connectivity index (χ1n) is 5.93. The van der Waals surface area contributed by atoms with Crippen molar-refractivity contribution in [1.29, 1.82) is 0 Å². The zero-order chi connectivity index (χ0) is 13.1. The van der Waals surface area contributed by atoms with Gasteiger partial charge in [0.25, 0.3) is 0 Å². The molecule has 0 aliphatic carbocycles. The van der Waals surface area contributed by atoms with Crippen LogP contribution in [0, 0.1) is 0 Å². The minimum atomic E-state index is -0.514. The molecule has 0 spiro atoms. The number of anilines is 1. The fraction of sp³-hybridized carbons (Fsp3) is 0.462. The van der Waals surface area contributed by atoms with E-state index in [1.54, 1.807) is 7.11 Å². The van der Waals surface area contributed by atoms with Gasteiger partial charge >= 0.3 is 0 Å². The van der Waals surface area contributed by atoms with Crippen LogP contribution in [0.2, 0.25) is 0 Å². The highest BCUT2D eigenvalue weighted by atomic mass is 16.5. The molecule has 0 aliphatic rings. The predicted molar refractivity (Wildman–Crippen MR) is 71.9 cm³/mol. The van der Waals surface area contributed by atoms with Crippen LogP contribution in [0.1, 0.15) is 0 Å². The van der Waals surface area contributed by atoms with Crippen molar-refractivity contribution >= 4 is 17.0 Å². The van der Waals surface area contributed by atoms with Crippen LogP contribution in [-0.2, 0) is 11.8 Å². The standard InChI is InChI=1S/C13H19N3O2/c1-15(8-10(17)9-18-3)13-14-11-6-4-5-7-12(11)16(13)2/h4-7,10,17H,8-9H2,1-3H3. The molecular formula is C13H19N3O2. The topological polar surface area (TPSA) is 50.5 Å². The number of fused-ring (bicyclic) bond motifs is 1. The largest absolute Gasteiger partial charge is 0.389 e. The Kier molecular flexibility index (Phi) is 3.84. The fourth-order valence-electron chi connectivity index (χ4n) is 2.12. The molecule has 1 heterocycles. The van der Waals surface area contributed by atoms with E-state index in [-0.39, 0.29) is 0 Å². The lowest BCUT2D eigenvalue weighted by molar-refractivity contribution is 0.0693. The summed E-state index contributed by atoms with van der Waals surface area (Å²) in [5, 5.41) is 9.74. The second-order valence-electron chi connectivity index (χ2n) is 4.45. The monoisotopic (exact) mass is 249 g/mol. The maximum atomic E-state index is 9.74. The summed E-state index contributed by atoms with van der Waals surface area (Å²) in [6.45, 7) is 0.819. The summed E-state index contributed by atoms with van der Waals surface area (Å²) in [5.41, 5.74) is 2.05. The second kappa shape index (κ2) is 5.37. The zero-order valence-corrected chi connectivity index (χ0v) is 11.0. The lowest BCUT2D eigenvalue weighted by Crippen LogP contribution is -2.33. The number of aliphatic hydroxyl groups excluding tert-OH is 1. The fourth-order valence-corrected chi connectivity index (χ4v) is 2.12. The van der Waals surface area contributed by atoms with Crippen LogP contribution in [0.5, 0.6) is 0 Å². The van der Waals surface area contributed by atoms with Crippen LogP contribution >= 0.6 is 0 Å². The number of likely N-dealkylation sites (N-methyl/N-ethyl adjacent to an activating group) is 1. The molecule has 1 unspecified atom stereocenters. The van der Waals surface area contributed by atoms with Crippen LogP contribution in [-0.4, -0.2) is 48.1 Å². The number of ether oxygens (including phenoxy) is 1. The smallest absolute Gasteiger partial charge is 0.206 e. The molecule has 0 aliphatic heterocycles. The first kappa shape index (κ1) is 12.9. The van der Waals surface area contributed by atoms with E-state index in [1.165, 1.54) is 0 Å². The number of aliphatic hydroxyl groups is 1. The number of rotatable bonds is 5. The molecule has 0 amide bonds. The number of aromatic nitrogens is 2. The van der Waals surface area contributed by atoms with Gasteiger partial charge in [-0.15, -0.1) is 0 Å². The van der Waals surface area contributed by atoms with Gasteiger partial charge in [-0.3, -0.25) is 0 Å². The summed E-state index contributed by atoms with van der Waals surface area (Å²) < 4.78 is 6.95. The van der Waals surface area contributed by atoms with Crippen molar-refractivity contribution in [2.24, 2.45) is 7.05 Å². The van der Waals surface area contributed by atoms with Gasteiger partial charge in [-0.1, -0.05) is 12.1 Å². The van der Waals surface area contributed by atoms with Gasteiger partial charge in [0.15, 0.2) is 0 Å². The van der Waals surface area contributed by atoms with Crippen molar-refractivity contribution in [2.75, 3.05) is 32.2 Å². The number of imidazole rings is 1. The molecule has 2 rings (SSSR count). The van der Waals surface area contributed by atoms with E-state index in [1.807, 2.05) is 47.8 Å². The van der Waals surface area contributed by atoms with Crippen molar-refractivity contribution in [2.45, 2.75) is 6.10 Å². The van der Waals surface area contributed by atoms with Crippen LogP contribution in [0.3, 0.4) is 0 Å². The van der Waals surface area contributed by atoms with Gasteiger partial charge in [0.2, 0.25) is 5.95 Å². The van der Waals surface area contributed by atoms with E-state index in [0.717, 1.165) is 17.0 Å². The molecular weight excluding hydrogens is 230 g/mol. The first-order chi connectivity index (χ1) is 8.63. The van der Waals surface area contributed by atoms with Gasteiger partial charge < -0.3 is 19.3 Å². The van der Waals surface area contributed by atoms with Crippen LogP contribution in [0.15, 0.2) is 24.3 Å². The second-order valence-corrected chi connectivity index (χ2v) is 4.45. The van der Waals surface area contributed by atoms with E-state index in [4.69, 9.17) is 4.74 Å². The molecule has 0 bridgehead atoms. The number of benzene rings is 1. The van der Waals surface area contributed by atoms with Gasteiger partial charge in [0.1, 0.15) is 0 Å². The van der Waals surface area contributed by atoms with Gasteiger partial charge in [0, 0.05) is 27.7 Å². The third-order valence-corrected chi connectivity index (χ3v) is 2.95. The van der Waals surface area contributed by atoms with Gasteiger partial charge in [0.05, 0.1) is 23.7 Å². The Bertz CT molecular complexity index is 524. The van der Waals surface area contributed by atoms with E-state index in [0.29, 0.717) is 13.2 Å². The Morgan fingerprint density at radius 2 is 2.17 bits per heavy atom. The summed E-state index contributed by atoms with van der Waals surface area (Å²) in [7, 11) is 5.47. The lowest BCUT2D eigenvalue weighted by atomic mass is 10.3. The number of nitrogens with zero attached hydrogens (tertiary/aromatic N) is 3. The molecule has 18 heavy (non-hydrogen) atoms. The number of para-hydroxylation sites is 2. The average molecular weight is 249 g/mol. The third kappa shape index (κ3) is 2.47. The van der Waals surface area contributed by atoms with Crippen molar-refractivity contribution < 1.29 is 9.84 Å². The number of hydrogen-bond acceptors (Lipinski definition) is 4. The highest BCUT2D eigenvalue weighted by molar-refractivity contribution is 5.78. The molecule has 1 atom stereocenters. The van der Waals surface area contributed by atoms with E-state index in [9.17, 15) is 5.11 Å². The van der Waals surface area contributed by atoms with E-state index < -0.39 is 6.10 Å². The summed E-state index contributed by atoms with van der Waals surface area (Å²) in [5.74, 6) is 0.839. The zero-order valence-electron chi connectivity index (χ0n) is 11.0. The SMILES string of the molecule is COCC(O)CN(C)c1nc2ccccc2n1C. The Labute approximate surface area is 107 Å². The summed E-state index contributed by atoms with van der Waals surface area (Å²) in [4.78, 5) is 6.50. The van der Waals surface area contributed by atoms with Crippen LogP contribution in [0.4, 0.5) is 5.95 Å². The number of methoxy groups -OCH3 is 1. The molecule has 1 aromatic heterocycles. The van der Waals surface area contributed by atoms with Gasteiger partial charge in [-0.2, -0.15) is 0 Å². The van der Waals surface area contributed by atoms with Crippen molar-refractivity contribution in [3.63, 3.8) is 0 Å². The third-order valence-electron chi connectivity index (χ3n) is 2.95. The molecule has 5 nitrogen and oxygen atoms in total. The Morgan fingerprint density at radius 1 is 1.44 bits per heavy atom. The molecule has 1 N–H and O–H groups in total. The average Bonchev–Trinajstić information content (AvgIpc) is 2.68. The molecule has 0 saturated heterocycles. The number of aryl methyl sites for hydroxylation is 1.